The molecule has 6 heteroatoms. The van der Waals surface area contributed by atoms with Crippen LogP contribution in [0.15, 0.2) is 5.57 Å². The lowest BCUT2D eigenvalue weighted by atomic mass is 10.00. The number of hydrogen-bond donors (Lipinski definition) is 1. The van der Waals surface area contributed by atoms with Gasteiger partial charge in [0.2, 0.25) is 11.5 Å². The van der Waals surface area contributed by atoms with Crippen molar-refractivity contribution in [2.45, 2.75) is 26.7 Å². The minimum absolute atomic E-state index is 0.295. The van der Waals surface area contributed by atoms with Gasteiger partial charge in [-0.15, -0.1) is 0 Å². The van der Waals surface area contributed by atoms with Gasteiger partial charge in [-0.3, -0.25) is 0 Å². The summed E-state index contributed by atoms with van der Waals surface area (Å²) in [6, 6.07) is 0. The molecule has 1 aromatic carbocycles. The highest BCUT2D eigenvalue weighted by atomic mass is 16.5. The summed E-state index contributed by atoms with van der Waals surface area (Å²) >= 11 is 0. The van der Waals surface area contributed by atoms with Gasteiger partial charge in [-0.2, -0.15) is 0 Å². The third-order valence-corrected chi connectivity index (χ3v) is 3.54. The van der Waals surface area contributed by atoms with Crippen LogP contribution in [0.2, 0.25) is 0 Å². The molecule has 0 aliphatic carbocycles. The highest BCUT2D eigenvalue weighted by Gasteiger charge is 2.25. The predicted molar refractivity (Wildman–Crippen MR) is 87.9 cm³/mol. The molecule has 0 spiro atoms. The van der Waals surface area contributed by atoms with E-state index in [1.54, 1.807) is 6.08 Å². The van der Waals surface area contributed by atoms with Gasteiger partial charge in [0, 0.05) is 16.7 Å². The molecule has 0 radical (unpaired) electrons. The second kappa shape index (κ2) is 8.31. The minimum Gasteiger partial charge on any atom is -0.492 e. The zero-order valence-electron chi connectivity index (χ0n) is 14.5. The van der Waals surface area contributed by atoms with E-state index in [4.69, 9.17) is 18.9 Å². The smallest absolute Gasteiger partial charge is 0.331 e. The van der Waals surface area contributed by atoms with E-state index in [1.165, 1.54) is 28.4 Å². The third kappa shape index (κ3) is 3.70. The fraction of sp³-hybridized carbons (Fsp3) is 0.471. The van der Waals surface area contributed by atoms with Crippen LogP contribution in [-0.4, -0.2) is 39.5 Å². The lowest BCUT2D eigenvalue weighted by Crippen LogP contribution is -2.05. The van der Waals surface area contributed by atoms with Gasteiger partial charge in [0.1, 0.15) is 0 Å². The Morgan fingerprint density at radius 1 is 0.957 bits per heavy atom. The number of benzene rings is 1. The Hall–Kier alpha value is -2.37. The van der Waals surface area contributed by atoms with Crippen LogP contribution >= 0.6 is 0 Å². The Labute approximate surface area is 136 Å². The van der Waals surface area contributed by atoms with Gasteiger partial charge in [0.15, 0.2) is 11.5 Å². The minimum atomic E-state index is -0.956. The van der Waals surface area contributed by atoms with Crippen molar-refractivity contribution in [2.75, 3.05) is 28.4 Å². The predicted octanol–water partition coefficient (Wildman–Crippen LogP) is 3.30. The fourth-order valence-corrected chi connectivity index (χ4v) is 2.47. The maximum Gasteiger partial charge on any atom is 0.331 e. The molecular weight excluding hydrogens is 300 g/mol. The van der Waals surface area contributed by atoms with Crippen molar-refractivity contribution in [1.82, 2.24) is 0 Å². The molecule has 0 saturated heterocycles. The van der Waals surface area contributed by atoms with Crippen molar-refractivity contribution in [3.8, 4) is 23.0 Å². The molecule has 0 amide bonds. The van der Waals surface area contributed by atoms with Gasteiger partial charge < -0.3 is 24.1 Å². The molecule has 1 rings (SSSR count). The first-order valence-electron chi connectivity index (χ1n) is 7.27. The molecule has 0 fully saturated rings. The van der Waals surface area contributed by atoms with Gasteiger partial charge >= 0.3 is 5.97 Å². The second-order valence-electron chi connectivity index (χ2n) is 4.90. The summed E-state index contributed by atoms with van der Waals surface area (Å²) in [4.78, 5) is 11.4. The average Bonchev–Trinajstić information content (AvgIpc) is 2.54. The summed E-state index contributed by atoms with van der Waals surface area (Å²) in [5.41, 5.74) is 1.62. The van der Waals surface area contributed by atoms with Crippen molar-refractivity contribution < 1.29 is 28.8 Å². The van der Waals surface area contributed by atoms with Crippen LogP contribution in [0.1, 0.15) is 30.9 Å². The molecular formula is C17H24O6. The number of aliphatic carboxylic acids is 1. The highest BCUT2D eigenvalue weighted by Crippen LogP contribution is 2.49. The van der Waals surface area contributed by atoms with Crippen LogP contribution in [0.5, 0.6) is 23.0 Å². The largest absolute Gasteiger partial charge is 0.492 e. The molecule has 0 unspecified atom stereocenters. The maximum absolute atomic E-state index is 11.4. The summed E-state index contributed by atoms with van der Waals surface area (Å²) in [6.07, 6.45) is 2.78. The highest BCUT2D eigenvalue weighted by molar-refractivity contribution is 5.93. The molecule has 0 bridgehead atoms. The summed E-state index contributed by atoms with van der Waals surface area (Å²) < 4.78 is 21.6. The number of rotatable bonds is 8. The quantitative estimate of drug-likeness (QED) is 0.740. The molecule has 0 aromatic heterocycles. The topological polar surface area (TPSA) is 74.2 Å². The van der Waals surface area contributed by atoms with Gasteiger partial charge in [-0.05, 0) is 19.4 Å². The van der Waals surface area contributed by atoms with Gasteiger partial charge in [0.05, 0.1) is 28.4 Å². The zero-order valence-corrected chi connectivity index (χ0v) is 14.5. The van der Waals surface area contributed by atoms with E-state index in [0.717, 1.165) is 12.0 Å². The van der Waals surface area contributed by atoms with Crippen LogP contribution in [-0.2, 0) is 4.79 Å². The molecule has 128 valence electrons. The van der Waals surface area contributed by atoms with Gasteiger partial charge in [-0.25, -0.2) is 4.79 Å². The lowest BCUT2D eigenvalue weighted by molar-refractivity contribution is -0.132. The SMILES string of the molecule is CCCC(=Cc1c(C)c(OC)c(OC)c(OC)c1OC)C(=O)O. The monoisotopic (exact) mass is 324 g/mol. The van der Waals surface area contributed by atoms with Crippen molar-refractivity contribution >= 4 is 12.0 Å². The number of ether oxygens (including phenoxy) is 4. The Balaban J connectivity index is 3.77. The Morgan fingerprint density at radius 2 is 1.43 bits per heavy atom. The number of hydrogen-bond acceptors (Lipinski definition) is 5. The lowest BCUT2D eigenvalue weighted by Gasteiger charge is -2.20. The second-order valence-corrected chi connectivity index (χ2v) is 4.90. The standard InChI is InChI=1S/C17H24O6/c1-7-8-11(17(18)19)9-12-10(2)13(20-3)15(22-5)16(23-6)14(12)21-4/h9H,7-8H2,1-6H3,(H,18,19). The summed E-state index contributed by atoms with van der Waals surface area (Å²) in [7, 11) is 6.02. The molecule has 6 nitrogen and oxygen atoms in total. The van der Waals surface area contributed by atoms with Crippen molar-refractivity contribution in [1.29, 1.82) is 0 Å². The van der Waals surface area contributed by atoms with Crippen molar-refractivity contribution in [3.05, 3.63) is 16.7 Å². The van der Waals surface area contributed by atoms with E-state index in [9.17, 15) is 9.90 Å². The van der Waals surface area contributed by atoms with E-state index in [0.29, 0.717) is 40.6 Å². The van der Waals surface area contributed by atoms with Crippen LogP contribution in [0.25, 0.3) is 6.08 Å². The van der Waals surface area contributed by atoms with E-state index >= 15 is 0 Å². The molecule has 0 saturated carbocycles. The van der Waals surface area contributed by atoms with Crippen LogP contribution in [0.3, 0.4) is 0 Å². The van der Waals surface area contributed by atoms with Crippen molar-refractivity contribution in [3.63, 3.8) is 0 Å². The van der Waals surface area contributed by atoms with Crippen LogP contribution < -0.4 is 18.9 Å². The molecule has 1 aromatic rings. The summed E-state index contributed by atoms with van der Waals surface area (Å²) in [5.74, 6) is 0.719. The first-order valence-corrected chi connectivity index (χ1v) is 7.27. The normalized spacial score (nSPS) is 11.1. The molecule has 0 atom stereocenters. The molecule has 0 aliphatic rings. The van der Waals surface area contributed by atoms with Gasteiger partial charge in [-0.1, -0.05) is 13.3 Å². The molecule has 0 heterocycles. The Morgan fingerprint density at radius 3 is 1.83 bits per heavy atom. The summed E-state index contributed by atoms with van der Waals surface area (Å²) in [5, 5.41) is 9.38. The maximum atomic E-state index is 11.4. The van der Waals surface area contributed by atoms with E-state index < -0.39 is 5.97 Å². The van der Waals surface area contributed by atoms with E-state index in [-0.39, 0.29) is 0 Å². The third-order valence-electron chi connectivity index (χ3n) is 3.54. The van der Waals surface area contributed by atoms with E-state index in [2.05, 4.69) is 0 Å². The molecule has 0 aliphatic heterocycles. The molecule has 23 heavy (non-hydrogen) atoms. The Kier molecular flexibility index (Phi) is 6.75. The number of methoxy groups -OCH3 is 4. The summed E-state index contributed by atoms with van der Waals surface area (Å²) in [6.45, 7) is 3.75. The first-order chi connectivity index (χ1) is 11.0. The zero-order chi connectivity index (χ0) is 17.6. The fourth-order valence-electron chi connectivity index (χ4n) is 2.47. The van der Waals surface area contributed by atoms with Gasteiger partial charge in [0.25, 0.3) is 0 Å². The number of carboxylic acids is 1. The van der Waals surface area contributed by atoms with Crippen molar-refractivity contribution in [2.24, 2.45) is 0 Å². The first kappa shape index (κ1) is 18.7. The average molecular weight is 324 g/mol. The van der Waals surface area contributed by atoms with E-state index in [1.807, 2.05) is 13.8 Å². The number of carbonyl (C=O) groups is 1. The van der Waals surface area contributed by atoms with Crippen LogP contribution in [0.4, 0.5) is 0 Å². The Bertz CT molecular complexity index is 604. The molecule has 1 N–H and O–H groups in total. The number of carboxylic acid groups (broad SMARTS) is 1. The van der Waals surface area contributed by atoms with Crippen LogP contribution in [0, 0.1) is 6.92 Å².